The molecule has 0 spiro atoms. The maximum atomic E-state index is 2.53. The lowest BCUT2D eigenvalue weighted by atomic mass is 9.83. The Labute approximate surface area is 373 Å². The highest BCUT2D eigenvalue weighted by Gasteiger charge is 2.41. The Kier molecular flexibility index (Phi) is 8.32. The predicted octanol–water partition coefficient (Wildman–Crippen LogP) is 17.0. The lowest BCUT2D eigenvalue weighted by Gasteiger charge is -2.19. The minimum atomic E-state index is 1.21. The van der Waals surface area contributed by atoms with Crippen molar-refractivity contribution < 1.29 is 0 Å². The molecule has 0 bridgehead atoms. The van der Waals surface area contributed by atoms with Crippen molar-refractivity contribution in [2.45, 2.75) is 0 Å². The monoisotopic (exact) mass is 808 g/mol. The van der Waals surface area contributed by atoms with Gasteiger partial charge in [0.15, 0.2) is 0 Å². The summed E-state index contributed by atoms with van der Waals surface area (Å²) in [6.45, 7) is 0. The summed E-state index contributed by atoms with van der Waals surface area (Å²) >= 11 is 0. The molecule has 0 amide bonds. The van der Waals surface area contributed by atoms with Gasteiger partial charge >= 0.3 is 0 Å². The van der Waals surface area contributed by atoms with E-state index in [0.29, 0.717) is 0 Å². The number of hydrogen-bond donors (Lipinski definition) is 0. The van der Waals surface area contributed by atoms with Crippen LogP contribution in [0, 0.1) is 0 Å². The quantitative estimate of drug-likeness (QED) is 0.157. The Balaban J connectivity index is 1.19. The van der Waals surface area contributed by atoms with E-state index in [1.807, 2.05) is 0 Å². The molecular formula is C64H40. The van der Waals surface area contributed by atoms with Gasteiger partial charge in [-0.15, -0.1) is 0 Å². The molecule has 0 N–H and O–H groups in total. The summed E-state index contributed by atoms with van der Waals surface area (Å²) in [6, 6.07) is 90.2. The van der Waals surface area contributed by atoms with E-state index in [0.717, 1.165) is 0 Å². The molecule has 11 aromatic carbocycles. The average Bonchev–Trinajstić information content (AvgIpc) is 3.88. The molecule has 0 fully saturated rings. The van der Waals surface area contributed by atoms with Crippen molar-refractivity contribution in [3.8, 4) is 22.3 Å². The van der Waals surface area contributed by atoms with E-state index in [1.54, 1.807) is 0 Å². The Morgan fingerprint density at radius 3 is 0.859 bits per heavy atom. The zero-order chi connectivity index (χ0) is 42.1. The van der Waals surface area contributed by atoms with Gasteiger partial charge in [0.2, 0.25) is 0 Å². The summed E-state index contributed by atoms with van der Waals surface area (Å²) in [5.41, 5.74) is 19.9. The topological polar surface area (TPSA) is 0 Å². The van der Waals surface area contributed by atoms with Crippen LogP contribution < -0.4 is 0 Å². The van der Waals surface area contributed by atoms with E-state index >= 15 is 0 Å². The fourth-order valence-corrected chi connectivity index (χ4v) is 10.5. The van der Waals surface area contributed by atoms with Gasteiger partial charge in [-0.2, -0.15) is 0 Å². The highest BCUT2D eigenvalue weighted by Crippen LogP contribution is 2.62. The second kappa shape index (κ2) is 14.7. The summed E-state index contributed by atoms with van der Waals surface area (Å²) in [5.74, 6) is 0. The molecule has 0 aliphatic heterocycles. The van der Waals surface area contributed by atoms with Crippen LogP contribution in [0.2, 0.25) is 0 Å². The van der Waals surface area contributed by atoms with Gasteiger partial charge in [0.05, 0.1) is 0 Å². The smallest absolute Gasteiger partial charge is 0.000137 e. The standard InChI is InChI=1S/C64H40/c1-3-19-45(20-4-1)59-57-39-55(51-31-27-41-15-7-11-23-47(41)35-51)56(52-32-28-42-16-8-12-24-48(42)36-52)40-58(57)63-60(46-21-5-2-6-22-46)61(53-33-29-43-17-9-13-25-49(43)37-53)62(64(59)63)54-34-30-44-18-10-14-26-50(44)38-54/h1-40H. The van der Waals surface area contributed by atoms with Gasteiger partial charge in [0.1, 0.15) is 0 Å². The number of rotatable bonds is 6. The molecule has 64 heavy (non-hydrogen) atoms. The van der Waals surface area contributed by atoms with E-state index in [2.05, 4.69) is 243 Å². The number of allylic oxidation sites excluding steroid dienone is 5. The van der Waals surface area contributed by atoms with Gasteiger partial charge in [-0.3, -0.25) is 0 Å². The molecule has 0 heterocycles. The molecule has 0 saturated heterocycles. The first kappa shape index (κ1) is 36.3. The molecule has 0 heteroatoms. The maximum Gasteiger partial charge on any atom is -0.000137 e. The van der Waals surface area contributed by atoms with Gasteiger partial charge in [0, 0.05) is 0 Å². The van der Waals surface area contributed by atoms with E-state index in [4.69, 9.17) is 0 Å². The molecule has 296 valence electrons. The van der Waals surface area contributed by atoms with Gasteiger partial charge in [-0.25, -0.2) is 0 Å². The molecule has 2 aliphatic rings. The summed E-state index contributed by atoms with van der Waals surface area (Å²) in [7, 11) is 0. The predicted molar refractivity (Wildman–Crippen MR) is 273 cm³/mol. The maximum absolute atomic E-state index is 2.53. The van der Waals surface area contributed by atoms with E-state index in [-0.39, 0.29) is 0 Å². The Hall–Kier alpha value is -8.32. The Bertz CT molecular complexity index is 3800. The van der Waals surface area contributed by atoms with Crippen molar-refractivity contribution in [1.29, 1.82) is 0 Å². The highest BCUT2D eigenvalue weighted by atomic mass is 14.4. The first-order valence-corrected chi connectivity index (χ1v) is 22.2. The molecule has 0 atom stereocenters. The lowest BCUT2D eigenvalue weighted by molar-refractivity contribution is 1.52. The molecule has 13 rings (SSSR count). The molecule has 0 nitrogen and oxygen atoms in total. The van der Waals surface area contributed by atoms with Crippen LogP contribution in [0.5, 0.6) is 0 Å². The summed E-state index contributed by atoms with van der Waals surface area (Å²) in [5, 5.41) is 9.89. The molecule has 0 aromatic heterocycles. The van der Waals surface area contributed by atoms with Crippen molar-refractivity contribution in [1.82, 2.24) is 0 Å². The fraction of sp³-hybridized carbons (Fsp3) is 0. The van der Waals surface area contributed by atoms with Crippen LogP contribution in [0.4, 0.5) is 0 Å². The first-order valence-electron chi connectivity index (χ1n) is 22.2. The lowest BCUT2D eigenvalue weighted by Crippen LogP contribution is -1.97. The third-order valence-electron chi connectivity index (χ3n) is 13.5. The van der Waals surface area contributed by atoms with Crippen LogP contribution in [0.25, 0.3) is 93.2 Å². The number of fused-ring (bicyclic) bond motifs is 7. The summed E-state index contributed by atoms with van der Waals surface area (Å²) in [4.78, 5) is 0. The average molecular weight is 809 g/mol. The third-order valence-corrected chi connectivity index (χ3v) is 13.5. The highest BCUT2D eigenvalue weighted by molar-refractivity contribution is 6.39. The minimum absolute atomic E-state index is 1.21. The summed E-state index contributed by atoms with van der Waals surface area (Å²) in [6.07, 6.45) is 0. The van der Waals surface area contributed by atoms with Gasteiger partial charge in [0.25, 0.3) is 0 Å². The second-order valence-corrected chi connectivity index (χ2v) is 17.2. The van der Waals surface area contributed by atoms with Crippen LogP contribution in [-0.4, -0.2) is 0 Å². The first-order chi connectivity index (χ1) is 31.7. The van der Waals surface area contributed by atoms with Crippen molar-refractivity contribution in [3.63, 3.8) is 0 Å². The van der Waals surface area contributed by atoms with Crippen LogP contribution in [0.15, 0.2) is 248 Å². The molecule has 0 saturated carbocycles. The van der Waals surface area contributed by atoms with Crippen LogP contribution in [0.1, 0.15) is 33.4 Å². The Morgan fingerprint density at radius 1 is 0.141 bits per heavy atom. The van der Waals surface area contributed by atoms with Crippen LogP contribution in [0.3, 0.4) is 0 Å². The summed E-state index contributed by atoms with van der Waals surface area (Å²) < 4.78 is 0. The van der Waals surface area contributed by atoms with E-state index in [1.165, 1.54) is 132 Å². The number of benzene rings is 11. The molecule has 0 unspecified atom stereocenters. The van der Waals surface area contributed by atoms with E-state index in [9.17, 15) is 0 Å². The van der Waals surface area contributed by atoms with Crippen LogP contribution in [-0.2, 0) is 0 Å². The zero-order valence-electron chi connectivity index (χ0n) is 35.1. The largest absolute Gasteiger partial charge is 0.0622 e. The van der Waals surface area contributed by atoms with Crippen molar-refractivity contribution >= 4 is 71.0 Å². The molecular weight excluding hydrogens is 769 g/mol. The van der Waals surface area contributed by atoms with Crippen molar-refractivity contribution in [2.24, 2.45) is 0 Å². The normalized spacial score (nSPS) is 13.4. The molecule has 2 aliphatic carbocycles. The van der Waals surface area contributed by atoms with E-state index < -0.39 is 0 Å². The van der Waals surface area contributed by atoms with Gasteiger partial charge in [-0.05, 0) is 169 Å². The zero-order valence-corrected chi connectivity index (χ0v) is 35.1. The third kappa shape index (κ3) is 5.84. The Morgan fingerprint density at radius 2 is 0.438 bits per heavy atom. The minimum Gasteiger partial charge on any atom is -0.0622 e. The van der Waals surface area contributed by atoms with Crippen LogP contribution >= 0.6 is 0 Å². The number of hydrogen-bond acceptors (Lipinski definition) is 0. The van der Waals surface area contributed by atoms with Gasteiger partial charge in [-0.1, -0.05) is 206 Å². The second-order valence-electron chi connectivity index (χ2n) is 17.2. The fourth-order valence-electron chi connectivity index (χ4n) is 10.5. The van der Waals surface area contributed by atoms with Crippen molar-refractivity contribution in [3.05, 3.63) is 282 Å². The SMILES string of the molecule is c1ccc(C2=C3C(=C(c4ccccc4)c4cc(-c5ccc6ccccc6c5)c(-c5ccc6ccccc6c5)cc43)C(c3ccc4ccccc4c3)=C2c2ccc3ccccc3c2)cc1. The van der Waals surface area contributed by atoms with Gasteiger partial charge < -0.3 is 0 Å². The van der Waals surface area contributed by atoms with Crippen molar-refractivity contribution in [2.75, 3.05) is 0 Å². The molecule has 11 aromatic rings. The molecule has 0 radical (unpaired) electrons.